The van der Waals surface area contributed by atoms with Crippen LogP contribution in [0.1, 0.15) is 5.56 Å². The third-order valence-corrected chi connectivity index (χ3v) is 2.10. The zero-order valence-electron chi connectivity index (χ0n) is 9.69. The molecule has 4 nitrogen and oxygen atoms in total. The Kier molecular flexibility index (Phi) is 4.66. The van der Waals surface area contributed by atoms with E-state index in [1.165, 1.54) is 0 Å². The predicted octanol–water partition coefficient (Wildman–Crippen LogP) is 1.72. The Morgan fingerprint density at radius 2 is 1.62 bits per heavy atom. The van der Waals surface area contributed by atoms with Gasteiger partial charge in [-0.1, -0.05) is 12.2 Å². The van der Waals surface area contributed by atoms with Gasteiger partial charge in [-0.15, -0.1) is 0 Å². The first kappa shape index (κ1) is 12.4. The van der Waals surface area contributed by atoms with E-state index in [0.717, 1.165) is 5.56 Å². The van der Waals surface area contributed by atoms with Crippen LogP contribution in [0.5, 0.6) is 17.2 Å². The Bertz CT molecular complexity index is 346. The molecule has 1 rings (SSSR count). The molecular weight excluding hydrogens is 208 g/mol. The van der Waals surface area contributed by atoms with E-state index < -0.39 is 0 Å². The van der Waals surface area contributed by atoms with Crippen LogP contribution in [-0.4, -0.2) is 33.0 Å². The highest BCUT2D eigenvalue weighted by Crippen LogP contribution is 2.38. The number of hydrogen-bond donors (Lipinski definition) is 1. The Balaban J connectivity index is 3.20. The molecular formula is C12H16O4. The standard InChI is InChI=1S/C12H16O4/c1-14-10-7-9(5-4-6-13)8-11(15-2)12(10)16-3/h4-5,7-8,13H,6H2,1-3H3/b5-4-. The van der Waals surface area contributed by atoms with Gasteiger partial charge >= 0.3 is 0 Å². The molecule has 0 amide bonds. The normalized spacial score (nSPS) is 10.5. The molecule has 88 valence electrons. The number of ether oxygens (including phenoxy) is 3. The van der Waals surface area contributed by atoms with E-state index in [1.807, 2.05) is 12.1 Å². The minimum Gasteiger partial charge on any atom is -0.493 e. The van der Waals surface area contributed by atoms with Crippen LogP contribution in [0.3, 0.4) is 0 Å². The minimum atomic E-state index is -0.00331. The van der Waals surface area contributed by atoms with Crippen molar-refractivity contribution in [3.05, 3.63) is 23.8 Å². The molecule has 0 aliphatic carbocycles. The summed E-state index contributed by atoms with van der Waals surface area (Å²) in [4.78, 5) is 0. The van der Waals surface area contributed by atoms with Gasteiger partial charge in [-0.3, -0.25) is 0 Å². The Morgan fingerprint density at radius 3 is 2.00 bits per heavy atom. The molecule has 1 aromatic carbocycles. The van der Waals surface area contributed by atoms with Gasteiger partial charge in [0.25, 0.3) is 0 Å². The average molecular weight is 224 g/mol. The maximum atomic E-state index is 8.71. The van der Waals surface area contributed by atoms with Crippen LogP contribution in [0.4, 0.5) is 0 Å². The molecule has 0 fully saturated rings. The van der Waals surface area contributed by atoms with E-state index in [-0.39, 0.29) is 6.61 Å². The van der Waals surface area contributed by atoms with E-state index in [0.29, 0.717) is 17.2 Å². The monoisotopic (exact) mass is 224 g/mol. The molecule has 0 saturated heterocycles. The lowest BCUT2D eigenvalue weighted by Gasteiger charge is -2.12. The van der Waals surface area contributed by atoms with Gasteiger partial charge in [0.05, 0.1) is 27.9 Å². The Hall–Kier alpha value is -1.68. The highest BCUT2D eigenvalue weighted by Gasteiger charge is 2.11. The van der Waals surface area contributed by atoms with Gasteiger partial charge in [0.15, 0.2) is 11.5 Å². The molecule has 0 saturated carbocycles. The highest BCUT2D eigenvalue weighted by atomic mass is 16.5. The van der Waals surface area contributed by atoms with Crippen LogP contribution in [0.15, 0.2) is 18.2 Å². The number of aliphatic hydroxyl groups excluding tert-OH is 1. The number of hydrogen-bond acceptors (Lipinski definition) is 4. The molecule has 0 spiro atoms. The summed E-state index contributed by atoms with van der Waals surface area (Å²) >= 11 is 0. The second-order valence-electron chi connectivity index (χ2n) is 3.04. The van der Waals surface area contributed by atoms with Crippen molar-refractivity contribution in [3.63, 3.8) is 0 Å². The van der Waals surface area contributed by atoms with Crippen LogP contribution in [0, 0.1) is 0 Å². The smallest absolute Gasteiger partial charge is 0.203 e. The van der Waals surface area contributed by atoms with E-state index in [1.54, 1.807) is 33.5 Å². The number of methoxy groups -OCH3 is 3. The van der Waals surface area contributed by atoms with Crippen LogP contribution in [0.2, 0.25) is 0 Å². The summed E-state index contributed by atoms with van der Waals surface area (Å²) in [6.45, 7) is -0.00331. The molecule has 0 aromatic heterocycles. The van der Waals surface area contributed by atoms with Gasteiger partial charge in [0, 0.05) is 0 Å². The first-order valence-corrected chi connectivity index (χ1v) is 4.84. The second kappa shape index (κ2) is 6.02. The van der Waals surface area contributed by atoms with Gasteiger partial charge in [-0.25, -0.2) is 0 Å². The summed E-state index contributed by atoms with van der Waals surface area (Å²) in [5.74, 6) is 1.75. The van der Waals surface area contributed by atoms with Crippen molar-refractivity contribution in [2.75, 3.05) is 27.9 Å². The summed E-state index contributed by atoms with van der Waals surface area (Å²) in [6.07, 6.45) is 3.42. The molecule has 0 unspecified atom stereocenters. The van der Waals surface area contributed by atoms with E-state index >= 15 is 0 Å². The summed E-state index contributed by atoms with van der Waals surface area (Å²) in [6, 6.07) is 3.63. The first-order chi connectivity index (χ1) is 7.76. The molecule has 1 aromatic rings. The molecule has 0 atom stereocenters. The first-order valence-electron chi connectivity index (χ1n) is 4.84. The van der Waals surface area contributed by atoms with Gasteiger partial charge in [0.2, 0.25) is 5.75 Å². The maximum Gasteiger partial charge on any atom is 0.203 e. The van der Waals surface area contributed by atoms with Crippen molar-refractivity contribution < 1.29 is 19.3 Å². The molecule has 0 aliphatic heterocycles. The quantitative estimate of drug-likeness (QED) is 0.827. The Labute approximate surface area is 95.1 Å². The van der Waals surface area contributed by atoms with Crippen LogP contribution in [0.25, 0.3) is 6.08 Å². The third-order valence-electron chi connectivity index (χ3n) is 2.10. The van der Waals surface area contributed by atoms with Gasteiger partial charge in [0.1, 0.15) is 0 Å². The summed E-state index contributed by atoms with van der Waals surface area (Å²) < 4.78 is 15.6. The van der Waals surface area contributed by atoms with Crippen LogP contribution >= 0.6 is 0 Å². The van der Waals surface area contributed by atoms with E-state index in [4.69, 9.17) is 19.3 Å². The summed E-state index contributed by atoms with van der Waals surface area (Å²) in [7, 11) is 4.69. The van der Waals surface area contributed by atoms with E-state index in [2.05, 4.69) is 0 Å². The third kappa shape index (κ3) is 2.67. The Morgan fingerprint density at radius 1 is 1.06 bits per heavy atom. The fraction of sp³-hybridized carbons (Fsp3) is 0.333. The molecule has 0 bridgehead atoms. The van der Waals surface area contributed by atoms with E-state index in [9.17, 15) is 0 Å². The number of benzene rings is 1. The lowest BCUT2D eigenvalue weighted by atomic mass is 10.1. The van der Waals surface area contributed by atoms with Crippen LogP contribution in [-0.2, 0) is 0 Å². The number of aliphatic hydroxyl groups is 1. The molecule has 4 heteroatoms. The summed E-state index contributed by atoms with van der Waals surface area (Å²) in [5, 5.41) is 8.71. The second-order valence-corrected chi connectivity index (χ2v) is 3.04. The lowest BCUT2D eigenvalue weighted by Crippen LogP contribution is -1.95. The van der Waals surface area contributed by atoms with Gasteiger partial charge < -0.3 is 19.3 Å². The van der Waals surface area contributed by atoms with Crippen molar-refractivity contribution in [1.82, 2.24) is 0 Å². The molecule has 0 aliphatic rings. The van der Waals surface area contributed by atoms with Crippen LogP contribution < -0.4 is 14.2 Å². The largest absolute Gasteiger partial charge is 0.493 e. The zero-order chi connectivity index (χ0) is 12.0. The van der Waals surface area contributed by atoms with Crippen molar-refractivity contribution in [2.45, 2.75) is 0 Å². The SMILES string of the molecule is COc1cc(/C=C\CO)cc(OC)c1OC. The summed E-state index contributed by atoms with van der Waals surface area (Å²) in [5.41, 5.74) is 0.878. The molecule has 1 N–H and O–H groups in total. The van der Waals surface area contributed by atoms with Gasteiger partial charge in [-0.2, -0.15) is 0 Å². The van der Waals surface area contributed by atoms with Crippen molar-refractivity contribution in [1.29, 1.82) is 0 Å². The molecule has 16 heavy (non-hydrogen) atoms. The minimum absolute atomic E-state index is 0.00331. The predicted molar refractivity (Wildman–Crippen MR) is 62.2 cm³/mol. The lowest BCUT2D eigenvalue weighted by molar-refractivity contribution is 0.324. The fourth-order valence-corrected chi connectivity index (χ4v) is 1.39. The maximum absolute atomic E-state index is 8.71. The van der Waals surface area contributed by atoms with Crippen molar-refractivity contribution in [3.8, 4) is 17.2 Å². The zero-order valence-corrected chi connectivity index (χ0v) is 9.69. The number of rotatable bonds is 5. The fourth-order valence-electron chi connectivity index (χ4n) is 1.39. The highest BCUT2D eigenvalue weighted by molar-refractivity contribution is 5.62. The molecule has 0 radical (unpaired) electrons. The molecule has 0 heterocycles. The van der Waals surface area contributed by atoms with Crippen molar-refractivity contribution in [2.24, 2.45) is 0 Å². The van der Waals surface area contributed by atoms with Crippen molar-refractivity contribution >= 4 is 6.08 Å². The average Bonchev–Trinajstić information content (AvgIpc) is 2.34. The topological polar surface area (TPSA) is 47.9 Å². The van der Waals surface area contributed by atoms with Gasteiger partial charge in [-0.05, 0) is 17.7 Å².